The third-order valence-electron chi connectivity index (χ3n) is 2.99. The van der Waals surface area contributed by atoms with Crippen LogP contribution in [0.15, 0.2) is 24.3 Å². The Morgan fingerprint density at radius 2 is 2.32 bits per heavy atom. The smallest absolute Gasteiger partial charge is 0.245 e. The molecule has 0 bridgehead atoms. The number of hydrogen-bond donors (Lipinski definition) is 2. The van der Waals surface area contributed by atoms with E-state index < -0.39 is 12.5 Å². The molecule has 1 aliphatic heterocycles. The van der Waals surface area contributed by atoms with E-state index in [4.69, 9.17) is 5.11 Å². The fourth-order valence-electron chi connectivity index (χ4n) is 2.15. The van der Waals surface area contributed by atoms with Gasteiger partial charge in [0.15, 0.2) is 0 Å². The van der Waals surface area contributed by atoms with Crippen LogP contribution in [0.2, 0.25) is 0 Å². The maximum Gasteiger partial charge on any atom is 0.245 e. The number of carbonyl (C=O) groups is 2. The molecule has 0 unspecified atom stereocenters. The normalized spacial score (nSPS) is 18.7. The van der Waals surface area contributed by atoms with Crippen LogP contribution in [0.25, 0.3) is 0 Å². The van der Waals surface area contributed by atoms with Crippen LogP contribution in [-0.2, 0) is 16.1 Å². The second-order valence-electron chi connectivity index (χ2n) is 4.53. The van der Waals surface area contributed by atoms with Gasteiger partial charge in [-0.1, -0.05) is 12.1 Å². The number of rotatable bonds is 4. The van der Waals surface area contributed by atoms with Gasteiger partial charge in [0.25, 0.3) is 0 Å². The largest absolute Gasteiger partial charge is 0.387 e. The average Bonchev–Trinajstić information content (AvgIpc) is 2.69. The first kappa shape index (κ1) is 13.5. The summed E-state index contributed by atoms with van der Waals surface area (Å²) in [5.41, 5.74) is 0.711. The number of amides is 2. The SMILES string of the molecule is O=C(CO)N[C@H]1CC(=O)N(Cc2cccc(F)c2)C1. The molecule has 1 fully saturated rings. The molecule has 0 aromatic heterocycles. The third kappa shape index (κ3) is 3.51. The van der Waals surface area contributed by atoms with Gasteiger partial charge in [0, 0.05) is 19.5 Å². The Bertz CT molecular complexity index is 493. The average molecular weight is 266 g/mol. The van der Waals surface area contributed by atoms with E-state index in [1.165, 1.54) is 12.1 Å². The highest BCUT2D eigenvalue weighted by Crippen LogP contribution is 2.15. The van der Waals surface area contributed by atoms with E-state index in [9.17, 15) is 14.0 Å². The zero-order valence-electron chi connectivity index (χ0n) is 10.3. The summed E-state index contributed by atoms with van der Waals surface area (Å²) in [7, 11) is 0. The van der Waals surface area contributed by atoms with Crippen LogP contribution < -0.4 is 5.32 Å². The molecule has 2 N–H and O–H groups in total. The van der Waals surface area contributed by atoms with Crippen LogP contribution >= 0.6 is 0 Å². The van der Waals surface area contributed by atoms with Crippen LogP contribution in [0.4, 0.5) is 4.39 Å². The zero-order valence-corrected chi connectivity index (χ0v) is 10.3. The Kier molecular flexibility index (Phi) is 4.11. The maximum absolute atomic E-state index is 13.0. The van der Waals surface area contributed by atoms with E-state index in [1.807, 2.05) is 0 Å². The molecule has 5 nitrogen and oxygen atoms in total. The first-order chi connectivity index (χ1) is 9.08. The van der Waals surface area contributed by atoms with E-state index in [2.05, 4.69) is 5.32 Å². The Morgan fingerprint density at radius 3 is 3.00 bits per heavy atom. The molecule has 0 saturated carbocycles. The van der Waals surface area contributed by atoms with Crippen molar-refractivity contribution in [3.05, 3.63) is 35.6 Å². The van der Waals surface area contributed by atoms with Crippen molar-refractivity contribution < 1.29 is 19.1 Å². The van der Waals surface area contributed by atoms with Crippen molar-refractivity contribution in [2.75, 3.05) is 13.2 Å². The Labute approximate surface area is 110 Å². The van der Waals surface area contributed by atoms with Crippen LogP contribution in [0, 0.1) is 5.82 Å². The molecule has 102 valence electrons. The van der Waals surface area contributed by atoms with E-state index in [0.29, 0.717) is 18.7 Å². The number of likely N-dealkylation sites (tertiary alicyclic amines) is 1. The highest BCUT2D eigenvalue weighted by atomic mass is 19.1. The molecular formula is C13H15FN2O3. The lowest BCUT2D eigenvalue weighted by molar-refractivity contribution is -0.128. The van der Waals surface area contributed by atoms with E-state index in [-0.39, 0.29) is 24.2 Å². The van der Waals surface area contributed by atoms with Gasteiger partial charge in [-0.15, -0.1) is 0 Å². The quantitative estimate of drug-likeness (QED) is 0.808. The summed E-state index contributed by atoms with van der Waals surface area (Å²) in [6.45, 7) is 0.109. The summed E-state index contributed by atoms with van der Waals surface area (Å²) in [4.78, 5) is 24.4. The van der Waals surface area contributed by atoms with Crippen LogP contribution in [0.5, 0.6) is 0 Å². The molecule has 6 heteroatoms. The summed E-state index contributed by atoms with van der Waals surface area (Å²) >= 11 is 0. The highest BCUT2D eigenvalue weighted by Gasteiger charge is 2.30. The number of benzene rings is 1. The minimum Gasteiger partial charge on any atom is -0.387 e. The molecule has 0 radical (unpaired) electrons. The molecule has 2 amide bonds. The summed E-state index contributed by atoms with van der Waals surface area (Å²) in [5, 5.41) is 11.2. The first-order valence-electron chi connectivity index (χ1n) is 6.01. The lowest BCUT2D eigenvalue weighted by Gasteiger charge is -2.17. The molecule has 0 spiro atoms. The van der Waals surface area contributed by atoms with Crippen molar-refractivity contribution in [3.63, 3.8) is 0 Å². The molecule has 19 heavy (non-hydrogen) atoms. The Balaban J connectivity index is 1.95. The van der Waals surface area contributed by atoms with E-state index >= 15 is 0 Å². The van der Waals surface area contributed by atoms with Crippen molar-refractivity contribution >= 4 is 11.8 Å². The zero-order chi connectivity index (χ0) is 13.8. The van der Waals surface area contributed by atoms with Gasteiger partial charge in [0.05, 0.1) is 6.04 Å². The lowest BCUT2D eigenvalue weighted by atomic mass is 10.2. The molecular weight excluding hydrogens is 251 g/mol. The van der Waals surface area contributed by atoms with E-state index in [0.717, 1.165) is 0 Å². The second kappa shape index (κ2) is 5.79. The molecule has 1 aromatic carbocycles. The van der Waals surface area contributed by atoms with Crippen molar-refractivity contribution in [3.8, 4) is 0 Å². The monoisotopic (exact) mass is 266 g/mol. The topological polar surface area (TPSA) is 69.6 Å². The minimum atomic E-state index is -0.589. The van der Waals surface area contributed by atoms with Crippen LogP contribution in [0.1, 0.15) is 12.0 Å². The van der Waals surface area contributed by atoms with Gasteiger partial charge in [0.1, 0.15) is 12.4 Å². The fourth-order valence-corrected chi connectivity index (χ4v) is 2.15. The summed E-state index contributed by atoms with van der Waals surface area (Å²) in [6, 6.07) is 5.78. The van der Waals surface area contributed by atoms with Gasteiger partial charge in [-0.3, -0.25) is 9.59 Å². The Hall–Kier alpha value is -1.95. The number of nitrogens with one attached hydrogen (secondary N) is 1. The molecule has 1 aliphatic rings. The number of nitrogens with zero attached hydrogens (tertiary/aromatic N) is 1. The standard InChI is InChI=1S/C13H15FN2O3/c14-10-3-1-2-9(4-10)6-16-7-11(5-13(16)19)15-12(18)8-17/h1-4,11,17H,5-8H2,(H,15,18)/t11-/m0/s1. The van der Waals surface area contributed by atoms with E-state index in [1.54, 1.807) is 17.0 Å². The molecule has 1 saturated heterocycles. The number of hydrogen-bond acceptors (Lipinski definition) is 3. The predicted octanol–water partition coefficient (Wildman–Crippen LogP) is 0.0351. The fraction of sp³-hybridized carbons (Fsp3) is 0.385. The highest BCUT2D eigenvalue weighted by molar-refractivity contribution is 5.82. The summed E-state index contributed by atoms with van der Waals surface area (Å²) < 4.78 is 13.0. The van der Waals surface area contributed by atoms with Gasteiger partial charge in [-0.05, 0) is 17.7 Å². The van der Waals surface area contributed by atoms with Crippen molar-refractivity contribution in [2.45, 2.75) is 19.0 Å². The van der Waals surface area contributed by atoms with Crippen LogP contribution in [-0.4, -0.2) is 41.0 Å². The number of carbonyl (C=O) groups excluding carboxylic acids is 2. The number of aliphatic hydroxyl groups excluding tert-OH is 1. The van der Waals surface area contributed by atoms with Gasteiger partial charge in [0.2, 0.25) is 11.8 Å². The predicted molar refractivity (Wildman–Crippen MR) is 65.5 cm³/mol. The molecule has 2 rings (SSSR count). The van der Waals surface area contributed by atoms with Crippen molar-refractivity contribution in [1.82, 2.24) is 10.2 Å². The van der Waals surface area contributed by atoms with Crippen molar-refractivity contribution in [1.29, 1.82) is 0 Å². The van der Waals surface area contributed by atoms with Crippen LogP contribution in [0.3, 0.4) is 0 Å². The van der Waals surface area contributed by atoms with Gasteiger partial charge in [-0.2, -0.15) is 0 Å². The first-order valence-corrected chi connectivity index (χ1v) is 6.01. The summed E-state index contributed by atoms with van der Waals surface area (Å²) in [5.74, 6) is -0.924. The lowest BCUT2D eigenvalue weighted by Crippen LogP contribution is -2.38. The Morgan fingerprint density at radius 1 is 1.53 bits per heavy atom. The molecule has 0 aliphatic carbocycles. The second-order valence-corrected chi connectivity index (χ2v) is 4.53. The minimum absolute atomic E-state index is 0.0903. The molecule has 1 aromatic rings. The molecule has 1 heterocycles. The third-order valence-corrected chi connectivity index (χ3v) is 2.99. The number of aliphatic hydroxyl groups is 1. The summed E-state index contributed by atoms with van der Waals surface area (Å²) in [6.07, 6.45) is 0.209. The van der Waals surface area contributed by atoms with Gasteiger partial charge >= 0.3 is 0 Å². The van der Waals surface area contributed by atoms with Gasteiger partial charge in [-0.25, -0.2) is 4.39 Å². The molecule has 1 atom stereocenters. The maximum atomic E-state index is 13.0. The number of halogens is 1. The van der Waals surface area contributed by atoms with Crippen molar-refractivity contribution in [2.24, 2.45) is 0 Å². The van der Waals surface area contributed by atoms with Gasteiger partial charge < -0.3 is 15.3 Å².